The van der Waals surface area contributed by atoms with Gasteiger partial charge < -0.3 is 20.0 Å². The van der Waals surface area contributed by atoms with Crippen molar-refractivity contribution in [3.05, 3.63) is 18.5 Å². The number of nitrogens with two attached hydrogens (primary N) is 1. The molecule has 3 heterocycles. The summed E-state index contributed by atoms with van der Waals surface area (Å²) in [6, 6.07) is 0. The normalized spacial score (nSPS) is 26.5. The van der Waals surface area contributed by atoms with Crippen LogP contribution < -0.4 is 5.73 Å². The fraction of sp³-hybridized carbons (Fsp3) is 0.667. The minimum atomic E-state index is -1.92. The van der Waals surface area contributed by atoms with E-state index in [4.69, 9.17) is 20.0 Å². The number of aliphatic hydroxyl groups is 1. The third-order valence-corrected chi connectivity index (χ3v) is 12.1. The zero-order chi connectivity index (χ0) is 22.4. The van der Waals surface area contributed by atoms with Gasteiger partial charge in [-0.25, -0.2) is 9.97 Å². The lowest BCUT2D eigenvalue weighted by Crippen LogP contribution is -2.49. The lowest BCUT2D eigenvalue weighted by Gasteiger charge is -2.42. The van der Waals surface area contributed by atoms with E-state index in [1.807, 2.05) is 4.57 Å². The van der Waals surface area contributed by atoms with Crippen LogP contribution in [0.3, 0.4) is 0 Å². The zero-order valence-electron chi connectivity index (χ0n) is 19.0. The Bertz CT molecular complexity index is 989. The molecule has 2 aliphatic rings. The van der Waals surface area contributed by atoms with Crippen LogP contribution in [0.4, 0.5) is 5.95 Å². The van der Waals surface area contributed by atoms with Crippen LogP contribution in [0.25, 0.3) is 11.2 Å². The van der Waals surface area contributed by atoms with E-state index in [9.17, 15) is 0 Å². The number of aliphatic hydroxyl groups excluding tert-OH is 1. The predicted molar refractivity (Wildman–Crippen MR) is 125 cm³/mol. The summed E-state index contributed by atoms with van der Waals surface area (Å²) < 4.78 is 15.4. The summed E-state index contributed by atoms with van der Waals surface area (Å²) in [7, 11) is -1.92. The monoisotopic (exact) mass is 463 g/mol. The molecule has 0 unspecified atom stereocenters. The molecule has 3 atom stereocenters. The molecule has 2 aromatic heterocycles. The molecule has 1 aliphatic carbocycles. The lowest BCUT2D eigenvalue weighted by molar-refractivity contribution is -0.0995. The molecule has 0 radical (unpaired) electrons. The van der Waals surface area contributed by atoms with Crippen LogP contribution in [0.2, 0.25) is 18.1 Å². The van der Waals surface area contributed by atoms with Gasteiger partial charge in [-0.05, 0) is 49.5 Å². The smallest absolute Gasteiger partial charge is 0.223 e. The fourth-order valence-electron chi connectivity index (χ4n) is 4.02. The van der Waals surface area contributed by atoms with Crippen molar-refractivity contribution in [1.82, 2.24) is 19.5 Å². The summed E-state index contributed by atoms with van der Waals surface area (Å²) in [5.74, 6) is 0.708. The van der Waals surface area contributed by atoms with Crippen molar-refractivity contribution >= 4 is 37.2 Å². The maximum atomic E-state index is 9.16. The first-order valence-corrected chi connectivity index (χ1v) is 14.7. The van der Waals surface area contributed by atoms with Crippen LogP contribution in [-0.4, -0.2) is 57.0 Å². The van der Waals surface area contributed by atoms with Gasteiger partial charge in [0.2, 0.25) is 5.95 Å². The van der Waals surface area contributed by atoms with Crippen LogP contribution >= 0.6 is 11.8 Å². The molecule has 10 heteroatoms. The number of rotatable bonds is 6. The first-order valence-electron chi connectivity index (χ1n) is 10.8. The maximum Gasteiger partial charge on any atom is 0.223 e. The highest BCUT2D eigenvalue weighted by atomic mass is 32.2. The van der Waals surface area contributed by atoms with Crippen LogP contribution in [0, 0.1) is 0 Å². The number of anilines is 1. The van der Waals surface area contributed by atoms with Crippen molar-refractivity contribution < 1.29 is 14.3 Å². The van der Waals surface area contributed by atoms with Crippen LogP contribution in [0.5, 0.6) is 0 Å². The third kappa shape index (κ3) is 4.16. The minimum Gasteiger partial charge on any atom is -0.411 e. The van der Waals surface area contributed by atoms with Crippen LogP contribution in [0.15, 0.2) is 23.5 Å². The average Bonchev–Trinajstić information content (AvgIpc) is 3.38. The van der Waals surface area contributed by atoms with Crippen LogP contribution in [-0.2, 0) is 9.16 Å². The van der Waals surface area contributed by atoms with Gasteiger partial charge >= 0.3 is 0 Å². The highest BCUT2D eigenvalue weighted by Gasteiger charge is 2.51. The van der Waals surface area contributed by atoms with E-state index in [-0.39, 0.29) is 29.9 Å². The standard InChI is InChI=1S/C21H33N5O3SSi/c1-20(2,3)31(4,5)29-14-7-6-9-21(14)10-8-15(28-21)26-13-23-16-17(26)24-19(22)25-18(16)30-12-11-27/h8,10,13-15,27H,6-7,9,11-12H2,1-5H3,(H2,22,24,25)/t14-,15-,21+/m1/s1. The number of ether oxygens (including phenoxy) is 1. The molecule has 0 amide bonds. The van der Waals surface area contributed by atoms with Crippen LogP contribution in [0.1, 0.15) is 46.3 Å². The molecule has 2 aromatic rings. The van der Waals surface area contributed by atoms with Crippen molar-refractivity contribution in [2.24, 2.45) is 0 Å². The van der Waals surface area contributed by atoms with Gasteiger partial charge in [0.1, 0.15) is 16.1 Å². The van der Waals surface area contributed by atoms with Gasteiger partial charge in [-0.15, -0.1) is 11.8 Å². The molecule has 170 valence electrons. The van der Waals surface area contributed by atoms with Gasteiger partial charge in [0, 0.05) is 5.75 Å². The lowest BCUT2D eigenvalue weighted by atomic mass is 10.0. The Kier molecular flexibility index (Phi) is 5.97. The topological polar surface area (TPSA) is 108 Å². The Hall–Kier alpha value is -1.46. The van der Waals surface area contributed by atoms with Gasteiger partial charge in [-0.1, -0.05) is 20.8 Å². The molecule has 1 fully saturated rings. The Morgan fingerprint density at radius 2 is 2.16 bits per heavy atom. The molecule has 0 aromatic carbocycles. The second kappa shape index (κ2) is 8.15. The summed E-state index contributed by atoms with van der Waals surface area (Å²) in [5, 5.41) is 9.98. The molecule has 8 nitrogen and oxygen atoms in total. The van der Waals surface area contributed by atoms with E-state index >= 15 is 0 Å². The van der Waals surface area contributed by atoms with E-state index < -0.39 is 13.9 Å². The van der Waals surface area contributed by atoms with Gasteiger partial charge in [0.25, 0.3) is 0 Å². The highest BCUT2D eigenvalue weighted by molar-refractivity contribution is 7.99. The second-order valence-corrected chi connectivity index (χ2v) is 15.7. The number of hydrogen-bond donors (Lipinski definition) is 2. The second-order valence-electron chi connectivity index (χ2n) is 9.86. The molecule has 0 bridgehead atoms. The first-order chi connectivity index (χ1) is 14.6. The molecule has 0 saturated heterocycles. The van der Waals surface area contributed by atoms with Crippen molar-refractivity contribution in [3.63, 3.8) is 0 Å². The largest absolute Gasteiger partial charge is 0.411 e. The summed E-state index contributed by atoms with van der Waals surface area (Å²) in [5.41, 5.74) is 6.86. The summed E-state index contributed by atoms with van der Waals surface area (Å²) in [4.78, 5) is 13.2. The number of nitrogen functional groups attached to an aromatic ring is 1. The molecular weight excluding hydrogens is 430 g/mol. The predicted octanol–water partition coefficient (Wildman–Crippen LogP) is 3.89. The number of thioether (sulfide) groups is 1. The summed E-state index contributed by atoms with van der Waals surface area (Å²) >= 11 is 1.42. The van der Waals surface area contributed by atoms with E-state index in [0.29, 0.717) is 21.9 Å². The Morgan fingerprint density at radius 1 is 1.39 bits per heavy atom. The van der Waals surface area contributed by atoms with Crippen molar-refractivity contribution in [3.8, 4) is 0 Å². The first kappa shape index (κ1) is 22.7. The van der Waals surface area contributed by atoms with Crippen molar-refractivity contribution in [1.29, 1.82) is 0 Å². The fourth-order valence-corrected chi connectivity index (χ4v) is 6.13. The Labute approximate surface area is 188 Å². The highest BCUT2D eigenvalue weighted by Crippen LogP contribution is 2.48. The number of aromatic nitrogens is 4. The molecular formula is C21H33N5O3SSi. The maximum absolute atomic E-state index is 9.16. The molecule has 3 N–H and O–H groups in total. The van der Waals surface area contributed by atoms with Gasteiger partial charge in [-0.3, -0.25) is 4.57 Å². The number of nitrogens with zero attached hydrogens (tertiary/aromatic N) is 4. The third-order valence-electron chi connectivity index (χ3n) is 6.72. The van der Waals surface area contributed by atoms with Crippen molar-refractivity contribution in [2.75, 3.05) is 18.1 Å². The van der Waals surface area contributed by atoms with Gasteiger partial charge in [0.15, 0.2) is 20.2 Å². The summed E-state index contributed by atoms with van der Waals surface area (Å²) in [6.45, 7) is 11.5. The molecule has 1 saturated carbocycles. The van der Waals surface area contributed by atoms with Gasteiger partial charge in [-0.2, -0.15) is 4.98 Å². The molecule has 31 heavy (non-hydrogen) atoms. The van der Waals surface area contributed by atoms with E-state index in [0.717, 1.165) is 19.3 Å². The van der Waals surface area contributed by atoms with Crippen molar-refractivity contribution in [2.45, 2.75) is 81.1 Å². The number of hydrogen-bond acceptors (Lipinski definition) is 8. The zero-order valence-corrected chi connectivity index (χ0v) is 20.8. The number of imidazole rings is 1. The van der Waals surface area contributed by atoms with Gasteiger partial charge in [0.05, 0.1) is 19.0 Å². The summed E-state index contributed by atoms with van der Waals surface area (Å²) in [6.07, 6.45) is 8.75. The minimum absolute atomic E-state index is 0.0554. The van der Waals surface area contributed by atoms with E-state index in [2.05, 4.69) is 61.0 Å². The SMILES string of the molecule is CC(C)(C)[Si](C)(C)O[C@@H]1CCC[C@]12C=C[C@H](n1cnc3c(SCCO)nc(N)nc31)O2. The Morgan fingerprint density at radius 3 is 2.87 bits per heavy atom. The average molecular weight is 464 g/mol. The molecule has 4 rings (SSSR count). The molecule has 1 spiro atoms. The quantitative estimate of drug-likeness (QED) is 0.287. The van der Waals surface area contributed by atoms with E-state index in [1.54, 1.807) is 6.33 Å². The number of fused-ring (bicyclic) bond motifs is 1. The molecule has 1 aliphatic heterocycles. The van der Waals surface area contributed by atoms with E-state index in [1.165, 1.54) is 11.8 Å². The Balaban J connectivity index is 1.60.